The highest BCUT2D eigenvalue weighted by atomic mass is 16.3. The first-order valence-electron chi connectivity index (χ1n) is 10.2. The van der Waals surface area contributed by atoms with Crippen LogP contribution in [-0.4, -0.2) is 46.7 Å². The van der Waals surface area contributed by atoms with Gasteiger partial charge in [-0.3, -0.25) is 14.4 Å². The van der Waals surface area contributed by atoms with Gasteiger partial charge in [0.15, 0.2) is 5.76 Å². The summed E-state index contributed by atoms with van der Waals surface area (Å²) >= 11 is 0. The number of amides is 3. The number of fused-ring (bicyclic) bond motifs is 1. The molecule has 1 fully saturated rings. The normalized spacial score (nSPS) is 18.8. The predicted molar refractivity (Wildman–Crippen MR) is 111 cm³/mol. The number of hydrogen-bond acceptors (Lipinski definition) is 4. The van der Waals surface area contributed by atoms with Gasteiger partial charge in [-0.1, -0.05) is 24.3 Å². The summed E-state index contributed by atoms with van der Waals surface area (Å²) < 4.78 is 5.18. The second-order valence-electron chi connectivity index (χ2n) is 7.70. The lowest BCUT2D eigenvalue weighted by molar-refractivity contribution is -0.130. The fraction of sp³-hybridized carbons (Fsp3) is 0.348. The Kier molecular flexibility index (Phi) is 5.70. The Morgan fingerprint density at radius 1 is 1.10 bits per heavy atom. The number of carbonyl (C=O) groups is 3. The van der Waals surface area contributed by atoms with Crippen LogP contribution >= 0.6 is 0 Å². The molecule has 0 bridgehead atoms. The Morgan fingerprint density at radius 3 is 2.57 bits per heavy atom. The Morgan fingerprint density at radius 2 is 1.87 bits per heavy atom. The van der Waals surface area contributed by atoms with Crippen LogP contribution in [-0.2, 0) is 9.59 Å². The summed E-state index contributed by atoms with van der Waals surface area (Å²) in [4.78, 5) is 40.6. The van der Waals surface area contributed by atoms with E-state index in [2.05, 4.69) is 5.32 Å². The summed E-state index contributed by atoms with van der Waals surface area (Å²) in [6.07, 6.45) is 6.72. The largest absolute Gasteiger partial charge is 0.459 e. The van der Waals surface area contributed by atoms with Crippen molar-refractivity contribution in [2.75, 3.05) is 13.1 Å². The molecule has 1 saturated heterocycles. The lowest BCUT2D eigenvalue weighted by atomic mass is 9.93. The molecule has 7 nitrogen and oxygen atoms in total. The zero-order chi connectivity index (χ0) is 21.1. The van der Waals surface area contributed by atoms with E-state index in [0.29, 0.717) is 31.7 Å². The first-order valence-corrected chi connectivity index (χ1v) is 10.2. The van der Waals surface area contributed by atoms with E-state index in [1.807, 2.05) is 30.3 Å². The molecule has 0 aliphatic carbocycles. The molecule has 0 radical (unpaired) electrons. The first kappa shape index (κ1) is 19.9. The summed E-state index contributed by atoms with van der Waals surface area (Å²) in [6, 6.07) is 10.9. The van der Waals surface area contributed by atoms with Crippen LogP contribution in [0, 0.1) is 0 Å². The predicted octanol–water partition coefficient (Wildman–Crippen LogP) is 2.96. The maximum absolute atomic E-state index is 12.8. The number of piperidine rings is 1. The van der Waals surface area contributed by atoms with Crippen molar-refractivity contribution in [3.8, 4) is 0 Å². The Balaban J connectivity index is 1.35. The zero-order valence-corrected chi connectivity index (χ0v) is 16.9. The van der Waals surface area contributed by atoms with E-state index in [9.17, 15) is 14.4 Å². The van der Waals surface area contributed by atoms with Gasteiger partial charge in [0.2, 0.25) is 11.8 Å². The van der Waals surface area contributed by atoms with E-state index >= 15 is 0 Å². The van der Waals surface area contributed by atoms with Crippen LogP contribution < -0.4 is 5.32 Å². The standard InChI is InChI=1S/C23H25N3O4/c1-16(27)26-13-8-17-5-2-3-6-19(17)20(26)15-22(28)24-18-9-11-25(12-10-18)23(29)21-7-4-14-30-21/h2-8,13-14,18,20H,9-12,15H2,1H3,(H,24,28). The molecule has 156 valence electrons. The lowest BCUT2D eigenvalue weighted by Crippen LogP contribution is -2.47. The van der Waals surface area contributed by atoms with Crippen LogP contribution in [0.4, 0.5) is 0 Å². The number of furan rings is 1. The van der Waals surface area contributed by atoms with Gasteiger partial charge in [-0.25, -0.2) is 0 Å². The van der Waals surface area contributed by atoms with Crippen LogP contribution in [0.25, 0.3) is 6.08 Å². The van der Waals surface area contributed by atoms with Crippen LogP contribution in [0.3, 0.4) is 0 Å². The highest BCUT2D eigenvalue weighted by Crippen LogP contribution is 2.32. The number of carbonyl (C=O) groups excluding carboxylic acids is 3. The number of nitrogens with one attached hydrogen (secondary N) is 1. The molecular weight excluding hydrogens is 382 g/mol. The monoisotopic (exact) mass is 407 g/mol. The molecule has 1 aromatic heterocycles. The van der Waals surface area contributed by atoms with E-state index < -0.39 is 0 Å². The molecule has 3 heterocycles. The van der Waals surface area contributed by atoms with E-state index in [1.165, 1.54) is 13.2 Å². The highest BCUT2D eigenvalue weighted by molar-refractivity contribution is 5.91. The fourth-order valence-electron chi connectivity index (χ4n) is 4.16. The summed E-state index contributed by atoms with van der Waals surface area (Å²) in [6.45, 7) is 2.65. The maximum atomic E-state index is 12.8. The SMILES string of the molecule is CC(=O)N1C=Cc2ccccc2C1CC(=O)NC1CCN(C(=O)c2ccco2)CC1. The molecule has 0 saturated carbocycles. The van der Waals surface area contributed by atoms with Crippen molar-refractivity contribution in [2.45, 2.75) is 38.3 Å². The van der Waals surface area contributed by atoms with Crippen molar-refractivity contribution in [1.29, 1.82) is 0 Å². The number of likely N-dealkylation sites (tertiary alicyclic amines) is 1. The molecule has 1 atom stereocenters. The fourth-order valence-corrected chi connectivity index (χ4v) is 4.16. The smallest absolute Gasteiger partial charge is 0.289 e. The third-order valence-corrected chi connectivity index (χ3v) is 5.73. The Hall–Kier alpha value is -3.35. The maximum Gasteiger partial charge on any atom is 0.289 e. The molecule has 2 aromatic rings. The summed E-state index contributed by atoms with van der Waals surface area (Å²) in [5.74, 6) is 0.0359. The number of benzene rings is 1. The van der Waals surface area contributed by atoms with Crippen molar-refractivity contribution in [2.24, 2.45) is 0 Å². The van der Waals surface area contributed by atoms with Gasteiger partial charge >= 0.3 is 0 Å². The quantitative estimate of drug-likeness (QED) is 0.845. The molecule has 2 aliphatic heterocycles. The van der Waals surface area contributed by atoms with Crippen molar-refractivity contribution in [3.05, 3.63) is 65.7 Å². The minimum absolute atomic E-state index is 0.0123. The Labute approximate surface area is 175 Å². The number of hydrogen-bond donors (Lipinski definition) is 1. The third kappa shape index (κ3) is 4.15. The van der Waals surface area contributed by atoms with Crippen LogP contribution in [0.1, 0.15) is 53.9 Å². The molecule has 3 amide bonds. The highest BCUT2D eigenvalue weighted by Gasteiger charge is 2.30. The second-order valence-corrected chi connectivity index (χ2v) is 7.70. The van der Waals surface area contributed by atoms with Gasteiger partial charge in [0.1, 0.15) is 0 Å². The molecule has 1 unspecified atom stereocenters. The van der Waals surface area contributed by atoms with E-state index in [4.69, 9.17) is 4.42 Å². The van der Waals surface area contributed by atoms with Crippen molar-refractivity contribution in [3.63, 3.8) is 0 Å². The van der Waals surface area contributed by atoms with E-state index in [0.717, 1.165) is 11.1 Å². The van der Waals surface area contributed by atoms with Gasteiger partial charge < -0.3 is 19.5 Å². The van der Waals surface area contributed by atoms with Gasteiger partial charge in [0, 0.05) is 32.3 Å². The molecule has 1 N–H and O–H groups in total. The minimum Gasteiger partial charge on any atom is -0.459 e. The minimum atomic E-state index is -0.315. The van der Waals surface area contributed by atoms with Crippen LogP contribution in [0.15, 0.2) is 53.3 Å². The van der Waals surface area contributed by atoms with Gasteiger partial charge in [0.05, 0.1) is 18.7 Å². The number of nitrogens with zero attached hydrogens (tertiary/aromatic N) is 2. The summed E-state index contributed by atoms with van der Waals surface area (Å²) in [5.41, 5.74) is 2.00. The first-order chi connectivity index (χ1) is 14.5. The van der Waals surface area contributed by atoms with Gasteiger partial charge in [-0.05, 0) is 42.2 Å². The number of rotatable bonds is 4. The average Bonchev–Trinajstić information content (AvgIpc) is 3.28. The van der Waals surface area contributed by atoms with E-state index in [-0.39, 0.29) is 36.2 Å². The molecule has 30 heavy (non-hydrogen) atoms. The second kappa shape index (κ2) is 8.57. The van der Waals surface area contributed by atoms with Gasteiger partial charge in [-0.15, -0.1) is 0 Å². The summed E-state index contributed by atoms with van der Waals surface area (Å²) in [5, 5.41) is 3.09. The average molecular weight is 407 g/mol. The topological polar surface area (TPSA) is 82.9 Å². The molecule has 4 rings (SSSR count). The molecule has 2 aliphatic rings. The van der Waals surface area contributed by atoms with Crippen molar-refractivity contribution in [1.82, 2.24) is 15.1 Å². The van der Waals surface area contributed by atoms with Crippen molar-refractivity contribution >= 4 is 23.8 Å². The van der Waals surface area contributed by atoms with Gasteiger partial charge in [0.25, 0.3) is 5.91 Å². The molecular formula is C23H25N3O4. The lowest BCUT2D eigenvalue weighted by Gasteiger charge is -2.34. The van der Waals surface area contributed by atoms with Crippen molar-refractivity contribution < 1.29 is 18.8 Å². The molecule has 1 aromatic carbocycles. The van der Waals surface area contributed by atoms with E-state index in [1.54, 1.807) is 28.1 Å². The van der Waals surface area contributed by atoms with Gasteiger partial charge in [-0.2, -0.15) is 0 Å². The van der Waals surface area contributed by atoms with Crippen LogP contribution in [0.2, 0.25) is 0 Å². The zero-order valence-electron chi connectivity index (χ0n) is 16.9. The van der Waals surface area contributed by atoms with Crippen LogP contribution in [0.5, 0.6) is 0 Å². The Bertz CT molecular complexity index is 959. The summed E-state index contributed by atoms with van der Waals surface area (Å²) in [7, 11) is 0. The third-order valence-electron chi connectivity index (χ3n) is 5.73. The molecule has 7 heteroatoms. The molecule has 0 spiro atoms.